The van der Waals surface area contributed by atoms with Crippen molar-refractivity contribution < 1.29 is 13.2 Å². The van der Waals surface area contributed by atoms with Crippen LogP contribution >= 0.6 is 11.6 Å². The number of hydrogen-bond acceptors (Lipinski definition) is 5. The maximum atomic E-state index is 13.3. The van der Waals surface area contributed by atoms with Gasteiger partial charge in [0.2, 0.25) is 5.88 Å². The second kappa shape index (κ2) is 9.46. The summed E-state index contributed by atoms with van der Waals surface area (Å²) in [5.41, 5.74) is 0.652. The summed E-state index contributed by atoms with van der Waals surface area (Å²) in [6.45, 7) is 0. The van der Waals surface area contributed by atoms with Gasteiger partial charge in [-0.2, -0.15) is 0 Å². The molecule has 0 saturated heterocycles. The molecule has 1 atom stereocenters. The van der Waals surface area contributed by atoms with Gasteiger partial charge in [-0.25, -0.2) is 13.4 Å². The number of hydrogen-bond donors (Lipinski definition) is 0. The van der Waals surface area contributed by atoms with Crippen molar-refractivity contribution >= 4 is 32.2 Å². The molecule has 8 heteroatoms. The summed E-state index contributed by atoms with van der Waals surface area (Å²) in [7, 11) is -3.35. The molecule has 6 nitrogen and oxygen atoms in total. The number of pyridine rings is 2. The van der Waals surface area contributed by atoms with Crippen molar-refractivity contribution in [2.45, 2.75) is 44.2 Å². The van der Waals surface area contributed by atoms with E-state index in [1.165, 1.54) is 16.8 Å². The molecule has 168 valence electrons. The molecule has 0 N–H and O–H groups in total. The van der Waals surface area contributed by atoms with E-state index in [2.05, 4.69) is 4.98 Å². The average molecular weight is 473 g/mol. The summed E-state index contributed by atoms with van der Waals surface area (Å²) >= 11 is 6.11. The molecule has 4 rings (SSSR count). The Hall–Kier alpha value is -2.64. The molecule has 0 aliphatic heterocycles. The van der Waals surface area contributed by atoms with Gasteiger partial charge in [0.15, 0.2) is 9.84 Å². The zero-order valence-corrected chi connectivity index (χ0v) is 19.3. The van der Waals surface area contributed by atoms with Gasteiger partial charge >= 0.3 is 0 Å². The molecule has 3 aromatic rings. The van der Waals surface area contributed by atoms with Gasteiger partial charge in [-0.15, -0.1) is 0 Å². The van der Waals surface area contributed by atoms with E-state index in [4.69, 9.17) is 16.3 Å². The van der Waals surface area contributed by atoms with Crippen LogP contribution in [0.1, 0.15) is 37.3 Å². The smallest absolute Gasteiger partial charge is 0.260 e. The zero-order chi connectivity index (χ0) is 22.7. The van der Waals surface area contributed by atoms with E-state index in [-0.39, 0.29) is 11.7 Å². The van der Waals surface area contributed by atoms with Crippen molar-refractivity contribution in [3.63, 3.8) is 0 Å². The summed E-state index contributed by atoms with van der Waals surface area (Å²) in [4.78, 5) is 17.6. The Bertz CT molecular complexity index is 1310. The SMILES string of the molecule is CS(=O)(=O)/C=C/[C@H](Cc1cccc(Cl)c1)n1ccc2cc(OC3CCCC3)ncc2c1=O. The highest BCUT2D eigenvalue weighted by atomic mass is 35.5. The molecule has 1 aliphatic rings. The molecule has 1 saturated carbocycles. The third-order valence-corrected chi connectivity index (χ3v) is 6.51. The number of benzene rings is 1. The normalized spacial score (nSPS) is 16.1. The van der Waals surface area contributed by atoms with Crippen LogP contribution in [-0.4, -0.2) is 30.3 Å². The summed E-state index contributed by atoms with van der Waals surface area (Å²) in [5.74, 6) is 0.522. The van der Waals surface area contributed by atoms with Crippen molar-refractivity contribution in [1.82, 2.24) is 9.55 Å². The topological polar surface area (TPSA) is 78.3 Å². The number of sulfone groups is 1. The first-order valence-electron chi connectivity index (χ1n) is 10.6. The number of allylic oxidation sites excluding steroid dienone is 1. The van der Waals surface area contributed by atoms with Crippen molar-refractivity contribution in [1.29, 1.82) is 0 Å². The molecular formula is C24H25ClN2O4S. The Kier molecular flexibility index (Phi) is 6.67. The molecule has 1 aliphatic carbocycles. The van der Waals surface area contributed by atoms with E-state index >= 15 is 0 Å². The minimum Gasteiger partial charge on any atom is -0.474 e. The standard InChI is InChI=1S/C24H25ClN2O4S/c1-32(29,30)12-10-20(14-17-5-4-6-19(25)13-17)27-11-9-18-15-23(26-16-22(18)24(27)28)31-21-7-2-3-8-21/h4-6,9-13,15-16,20-21H,2-3,7-8,14H2,1H3/b12-10+/t20-/m1/s1. The van der Waals surface area contributed by atoms with E-state index < -0.39 is 15.9 Å². The minimum atomic E-state index is -3.35. The number of fused-ring (bicyclic) bond motifs is 1. The Labute approximate surface area is 192 Å². The molecule has 2 aromatic heterocycles. The summed E-state index contributed by atoms with van der Waals surface area (Å²) in [5, 5.41) is 2.91. The first-order valence-corrected chi connectivity index (χ1v) is 12.9. The largest absolute Gasteiger partial charge is 0.474 e. The van der Waals surface area contributed by atoms with Gasteiger partial charge in [0.1, 0.15) is 6.10 Å². The van der Waals surface area contributed by atoms with Gasteiger partial charge in [-0.3, -0.25) is 4.79 Å². The Balaban J connectivity index is 1.69. The van der Waals surface area contributed by atoms with Crippen molar-refractivity contribution in [3.8, 4) is 5.88 Å². The molecule has 0 bridgehead atoms. The van der Waals surface area contributed by atoms with Crippen molar-refractivity contribution in [2.24, 2.45) is 0 Å². The van der Waals surface area contributed by atoms with Crippen LogP contribution in [0, 0.1) is 0 Å². The fraction of sp³-hybridized carbons (Fsp3) is 0.333. The number of rotatable bonds is 7. The van der Waals surface area contributed by atoms with Crippen LogP contribution in [0.3, 0.4) is 0 Å². The quantitative estimate of drug-likeness (QED) is 0.497. The molecular weight excluding hydrogens is 448 g/mol. The fourth-order valence-electron chi connectivity index (χ4n) is 4.04. The molecule has 1 fully saturated rings. The van der Waals surface area contributed by atoms with E-state index in [0.29, 0.717) is 22.7 Å². The Morgan fingerprint density at radius 3 is 2.75 bits per heavy atom. The summed E-state index contributed by atoms with van der Waals surface area (Å²) in [6, 6.07) is 10.4. The monoisotopic (exact) mass is 472 g/mol. The highest BCUT2D eigenvalue weighted by Crippen LogP contribution is 2.25. The third-order valence-electron chi connectivity index (χ3n) is 5.62. The second-order valence-electron chi connectivity index (χ2n) is 8.22. The minimum absolute atomic E-state index is 0.184. The molecule has 1 aromatic carbocycles. The van der Waals surface area contributed by atoms with Gasteiger partial charge in [0.05, 0.1) is 11.4 Å². The molecule has 2 heterocycles. The predicted molar refractivity (Wildman–Crippen MR) is 127 cm³/mol. The van der Waals surface area contributed by atoms with Crippen molar-refractivity contribution in [3.05, 3.63) is 81.2 Å². The number of halogens is 1. The highest BCUT2D eigenvalue weighted by molar-refractivity contribution is 7.93. The third kappa shape index (κ3) is 5.58. The lowest BCUT2D eigenvalue weighted by atomic mass is 10.1. The number of ether oxygens (including phenoxy) is 1. The molecule has 32 heavy (non-hydrogen) atoms. The first kappa shape index (κ1) is 22.6. The van der Waals surface area contributed by atoms with Gasteiger partial charge in [-0.05, 0) is 61.3 Å². The highest BCUT2D eigenvalue weighted by Gasteiger charge is 2.18. The molecule has 0 amide bonds. The van der Waals surface area contributed by atoms with Gasteiger partial charge in [0.25, 0.3) is 5.56 Å². The summed E-state index contributed by atoms with van der Waals surface area (Å²) < 4.78 is 31.0. The maximum Gasteiger partial charge on any atom is 0.260 e. The van der Waals surface area contributed by atoms with Crippen LogP contribution in [0.2, 0.25) is 5.02 Å². The van der Waals surface area contributed by atoms with Crippen LogP contribution in [0.4, 0.5) is 0 Å². The van der Waals surface area contributed by atoms with Crippen LogP contribution in [0.5, 0.6) is 5.88 Å². The van der Waals surface area contributed by atoms with Gasteiger partial charge in [0, 0.05) is 35.1 Å². The summed E-state index contributed by atoms with van der Waals surface area (Å²) in [6.07, 6.45) is 10.9. The molecule has 0 radical (unpaired) electrons. The average Bonchev–Trinajstić information content (AvgIpc) is 3.24. The van der Waals surface area contributed by atoms with E-state index in [9.17, 15) is 13.2 Å². The Morgan fingerprint density at radius 1 is 1.25 bits per heavy atom. The van der Waals surface area contributed by atoms with Gasteiger partial charge in [-0.1, -0.05) is 29.8 Å². The van der Waals surface area contributed by atoms with Gasteiger partial charge < -0.3 is 9.30 Å². The lowest BCUT2D eigenvalue weighted by Gasteiger charge is -2.18. The van der Waals surface area contributed by atoms with Crippen LogP contribution < -0.4 is 10.3 Å². The fourth-order valence-corrected chi connectivity index (χ4v) is 4.71. The lowest BCUT2D eigenvalue weighted by molar-refractivity contribution is 0.202. The second-order valence-corrected chi connectivity index (χ2v) is 10.6. The number of aromatic nitrogens is 2. The lowest BCUT2D eigenvalue weighted by Crippen LogP contribution is -2.25. The van der Waals surface area contributed by atoms with E-state index in [1.54, 1.807) is 18.3 Å². The van der Waals surface area contributed by atoms with E-state index in [0.717, 1.165) is 48.3 Å². The zero-order valence-electron chi connectivity index (χ0n) is 17.8. The maximum absolute atomic E-state index is 13.3. The Morgan fingerprint density at radius 2 is 2.03 bits per heavy atom. The molecule has 0 spiro atoms. The predicted octanol–water partition coefficient (Wildman–Crippen LogP) is 4.71. The first-order chi connectivity index (χ1) is 15.3. The van der Waals surface area contributed by atoms with Crippen molar-refractivity contribution in [2.75, 3.05) is 6.26 Å². The number of nitrogens with zero attached hydrogens (tertiary/aromatic N) is 2. The van der Waals surface area contributed by atoms with Crippen LogP contribution in [0.15, 0.2) is 65.1 Å². The van der Waals surface area contributed by atoms with Crippen LogP contribution in [0.25, 0.3) is 10.8 Å². The molecule has 0 unspecified atom stereocenters. The van der Waals surface area contributed by atoms with Crippen LogP contribution in [-0.2, 0) is 16.3 Å². The van der Waals surface area contributed by atoms with E-state index in [1.807, 2.05) is 24.3 Å².